The van der Waals surface area contributed by atoms with Crippen LogP contribution in [-0.4, -0.2) is 28.0 Å². The van der Waals surface area contributed by atoms with Crippen molar-refractivity contribution in [3.05, 3.63) is 17.0 Å². The van der Waals surface area contributed by atoms with Crippen molar-refractivity contribution >= 4 is 23.3 Å². The molecule has 0 aromatic carbocycles. The Bertz CT molecular complexity index is 388. The first-order chi connectivity index (χ1) is 7.88. The molecule has 1 aromatic heterocycles. The van der Waals surface area contributed by atoms with Crippen LogP contribution in [0.15, 0.2) is 6.07 Å². The summed E-state index contributed by atoms with van der Waals surface area (Å²) in [4.78, 5) is 19.6. The van der Waals surface area contributed by atoms with Gasteiger partial charge >= 0.3 is 0 Å². The third kappa shape index (κ3) is 4.56. The Morgan fingerprint density at radius 1 is 1.35 bits per heavy atom. The molecule has 17 heavy (non-hydrogen) atoms. The van der Waals surface area contributed by atoms with E-state index in [-0.39, 0.29) is 23.3 Å². The number of aromatic nitrogens is 2. The van der Waals surface area contributed by atoms with Crippen molar-refractivity contribution in [1.29, 1.82) is 0 Å². The van der Waals surface area contributed by atoms with E-state index in [2.05, 4.69) is 20.6 Å². The van der Waals surface area contributed by atoms with E-state index >= 15 is 0 Å². The van der Waals surface area contributed by atoms with Gasteiger partial charge in [-0.3, -0.25) is 4.79 Å². The monoisotopic (exact) mass is 256 g/mol. The summed E-state index contributed by atoms with van der Waals surface area (Å²) in [6, 6.07) is 1.48. The number of carbonyl (C=O) groups excluding carboxylic acids is 1. The van der Waals surface area contributed by atoms with Crippen molar-refractivity contribution in [2.24, 2.45) is 0 Å². The molecule has 1 amide bonds. The predicted molar refractivity (Wildman–Crippen MR) is 68.1 cm³/mol. The fourth-order valence-electron chi connectivity index (χ4n) is 1.30. The highest BCUT2D eigenvalue weighted by Crippen LogP contribution is 2.10. The number of hydrogen-bond donors (Lipinski definition) is 2. The number of nitrogens with one attached hydrogen (secondary N) is 2. The number of amides is 1. The molecule has 0 saturated carbocycles. The first-order valence-electron chi connectivity index (χ1n) is 5.46. The molecule has 0 bridgehead atoms. The summed E-state index contributed by atoms with van der Waals surface area (Å²) in [5.41, 5.74) is 0.754. The summed E-state index contributed by atoms with van der Waals surface area (Å²) in [6.07, 6.45) is 0. The standard InChI is InChI=1S/C11H17ClN4O/c1-6(2)13-10(17)8(4)15-9-5-7(3)14-11(12)16-9/h5-6,8H,1-4H3,(H,13,17)(H,14,15,16). The van der Waals surface area contributed by atoms with E-state index in [0.717, 1.165) is 5.69 Å². The molecule has 0 spiro atoms. The highest BCUT2D eigenvalue weighted by Gasteiger charge is 2.14. The number of aryl methyl sites for hydroxylation is 1. The zero-order valence-electron chi connectivity index (χ0n) is 10.4. The number of hydrogen-bond acceptors (Lipinski definition) is 4. The van der Waals surface area contributed by atoms with Crippen molar-refractivity contribution in [2.45, 2.75) is 39.8 Å². The van der Waals surface area contributed by atoms with Crippen LogP contribution in [0.5, 0.6) is 0 Å². The lowest BCUT2D eigenvalue weighted by Gasteiger charge is -2.16. The average molecular weight is 257 g/mol. The number of halogens is 1. The van der Waals surface area contributed by atoms with Gasteiger partial charge in [0.15, 0.2) is 0 Å². The third-order valence-electron chi connectivity index (χ3n) is 2.02. The zero-order chi connectivity index (χ0) is 13.0. The molecule has 2 N–H and O–H groups in total. The van der Waals surface area contributed by atoms with E-state index in [0.29, 0.717) is 5.82 Å². The Kier molecular flexibility index (Phi) is 4.69. The van der Waals surface area contributed by atoms with Gasteiger partial charge in [-0.1, -0.05) is 0 Å². The van der Waals surface area contributed by atoms with Crippen LogP contribution in [0.3, 0.4) is 0 Å². The van der Waals surface area contributed by atoms with Gasteiger partial charge in [-0.05, 0) is 39.3 Å². The summed E-state index contributed by atoms with van der Waals surface area (Å²) in [6.45, 7) is 7.41. The van der Waals surface area contributed by atoms with Gasteiger partial charge in [0, 0.05) is 17.8 Å². The predicted octanol–water partition coefficient (Wildman–Crippen LogP) is 1.76. The quantitative estimate of drug-likeness (QED) is 0.806. The summed E-state index contributed by atoms with van der Waals surface area (Å²) >= 11 is 5.73. The van der Waals surface area contributed by atoms with E-state index in [1.165, 1.54) is 0 Å². The smallest absolute Gasteiger partial charge is 0.242 e. The zero-order valence-corrected chi connectivity index (χ0v) is 11.2. The maximum absolute atomic E-state index is 11.7. The minimum atomic E-state index is -0.372. The highest BCUT2D eigenvalue weighted by molar-refractivity contribution is 6.28. The number of carbonyl (C=O) groups is 1. The van der Waals surface area contributed by atoms with Crippen molar-refractivity contribution in [3.8, 4) is 0 Å². The van der Waals surface area contributed by atoms with Crippen LogP contribution in [0.2, 0.25) is 5.28 Å². The lowest BCUT2D eigenvalue weighted by atomic mass is 10.2. The topological polar surface area (TPSA) is 66.9 Å². The Balaban J connectivity index is 2.67. The number of rotatable bonds is 4. The lowest BCUT2D eigenvalue weighted by molar-refractivity contribution is -0.122. The van der Waals surface area contributed by atoms with Gasteiger partial charge in [0.2, 0.25) is 11.2 Å². The summed E-state index contributed by atoms with van der Waals surface area (Å²) in [5.74, 6) is 0.473. The van der Waals surface area contributed by atoms with Gasteiger partial charge in [0.1, 0.15) is 11.9 Å². The molecule has 1 atom stereocenters. The van der Waals surface area contributed by atoms with Crippen LogP contribution in [0.4, 0.5) is 5.82 Å². The molecule has 0 fully saturated rings. The summed E-state index contributed by atoms with van der Waals surface area (Å²) in [5, 5.41) is 5.97. The van der Waals surface area contributed by atoms with Gasteiger partial charge in [-0.2, -0.15) is 0 Å². The Morgan fingerprint density at radius 2 is 2.00 bits per heavy atom. The minimum absolute atomic E-state index is 0.0765. The molecule has 1 heterocycles. The molecule has 0 aliphatic rings. The molecule has 1 aromatic rings. The van der Waals surface area contributed by atoms with Crippen molar-refractivity contribution in [1.82, 2.24) is 15.3 Å². The largest absolute Gasteiger partial charge is 0.358 e. The number of anilines is 1. The molecule has 6 heteroatoms. The van der Waals surface area contributed by atoms with Crippen molar-refractivity contribution in [3.63, 3.8) is 0 Å². The molecule has 0 radical (unpaired) electrons. The van der Waals surface area contributed by atoms with E-state index in [4.69, 9.17) is 11.6 Å². The SMILES string of the molecule is Cc1cc(NC(C)C(=O)NC(C)C)nc(Cl)n1. The molecular formula is C11H17ClN4O. The normalized spacial score (nSPS) is 12.4. The average Bonchev–Trinajstić information content (AvgIpc) is 2.14. The Hall–Kier alpha value is -1.36. The van der Waals surface area contributed by atoms with Gasteiger partial charge in [0.25, 0.3) is 0 Å². The highest BCUT2D eigenvalue weighted by atomic mass is 35.5. The van der Waals surface area contributed by atoms with Crippen molar-refractivity contribution in [2.75, 3.05) is 5.32 Å². The van der Waals surface area contributed by atoms with Crippen LogP contribution in [0, 0.1) is 6.92 Å². The van der Waals surface area contributed by atoms with Gasteiger partial charge < -0.3 is 10.6 Å². The number of nitrogens with zero attached hydrogens (tertiary/aromatic N) is 2. The molecule has 0 saturated heterocycles. The van der Waals surface area contributed by atoms with E-state index in [1.807, 2.05) is 20.8 Å². The van der Waals surface area contributed by atoms with E-state index < -0.39 is 0 Å². The van der Waals surface area contributed by atoms with Gasteiger partial charge in [-0.15, -0.1) is 0 Å². The Labute approximate surface area is 106 Å². The second-order valence-corrected chi connectivity index (χ2v) is 4.53. The third-order valence-corrected chi connectivity index (χ3v) is 2.18. The maximum Gasteiger partial charge on any atom is 0.242 e. The van der Waals surface area contributed by atoms with Crippen LogP contribution < -0.4 is 10.6 Å². The van der Waals surface area contributed by atoms with Gasteiger partial charge in [-0.25, -0.2) is 9.97 Å². The fraction of sp³-hybridized carbons (Fsp3) is 0.545. The van der Waals surface area contributed by atoms with Crippen LogP contribution in [0.25, 0.3) is 0 Å². The lowest BCUT2D eigenvalue weighted by Crippen LogP contribution is -2.41. The van der Waals surface area contributed by atoms with E-state index in [1.54, 1.807) is 13.0 Å². The van der Waals surface area contributed by atoms with Crippen LogP contribution in [-0.2, 0) is 4.79 Å². The molecule has 94 valence electrons. The first-order valence-corrected chi connectivity index (χ1v) is 5.84. The molecule has 5 nitrogen and oxygen atoms in total. The van der Waals surface area contributed by atoms with Crippen molar-refractivity contribution < 1.29 is 4.79 Å². The molecular weight excluding hydrogens is 240 g/mol. The Morgan fingerprint density at radius 3 is 2.53 bits per heavy atom. The second-order valence-electron chi connectivity index (χ2n) is 4.19. The fourth-order valence-corrected chi connectivity index (χ4v) is 1.53. The molecule has 1 rings (SSSR count). The van der Waals surface area contributed by atoms with Crippen LogP contribution >= 0.6 is 11.6 Å². The van der Waals surface area contributed by atoms with Gasteiger partial charge in [0.05, 0.1) is 0 Å². The molecule has 0 aliphatic heterocycles. The first kappa shape index (κ1) is 13.7. The van der Waals surface area contributed by atoms with Crippen LogP contribution in [0.1, 0.15) is 26.5 Å². The maximum atomic E-state index is 11.7. The molecule has 1 unspecified atom stereocenters. The summed E-state index contributed by atoms with van der Waals surface area (Å²) in [7, 11) is 0. The second kappa shape index (κ2) is 5.82. The summed E-state index contributed by atoms with van der Waals surface area (Å²) < 4.78 is 0. The minimum Gasteiger partial charge on any atom is -0.358 e. The molecule has 0 aliphatic carbocycles. The van der Waals surface area contributed by atoms with E-state index in [9.17, 15) is 4.79 Å².